The minimum atomic E-state index is -0.300. The van der Waals surface area contributed by atoms with Gasteiger partial charge in [-0.05, 0) is 87.0 Å². The number of benzene rings is 8. The monoisotopic (exact) mass is 718 g/mol. The molecule has 0 amide bonds. The van der Waals surface area contributed by atoms with Crippen molar-refractivity contribution in [2.45, 2.75) is 12.3 Å². The van der Waals surface area contributed by atoms with Gasteiger partial charge in [-0.3, -0.25) is 0 Å². The third kappa shape index (κ3) is 5.08. The molecule has 8 aromatic carbocycles. The third-order valence-corrected chi connectivity index (χ3v) is 12.8. The van der Waals surface area contributed by atoms with Crippen LogP contribution in [0, 0.1) is 0 Å². The Hall–Kier alpha value is -6.68. The number of fused-ring (bicyclic) bond motifs is 7. The number of thiophene rings is 1. The van der Waals surface area contributed by atoms with E-state index in [9.17, 15) is 0 Å². The Morgan fingerprint density at radius 2 is 1.02 bits per heavy atom. The molecule has 3 heteroatoms. The zero-order valence-corrected chi connectivity index (χ0v) is 31.0. The van der Waals surface area contributed by atoms with E-state index in [1.807, 2.05) is 11.3 Å². The van der Waals surface area contributed by atoms with Crippen LogP contribution in [0.4, 0.5) is 0 Å². The van der Waals surface area contributed by atoms with Gasteiger partial charge in [0.15, 0.2) is 5.82 Å². The summed E-state index contributed by atoms with van der Waals surface area (Å²) in [5.41, 5.74) is 13.5. The standard InChI is InChI=1S/C52H34N2S/c1-52(38-14-3-2-4-15-38)45-20-9-7-17-40(45)41-28-26-37(31-46(41)52)48-32-47(53-51(54-48)43-19-11-13-34-12-5-6-16-39(34)43)35-24-22-33(23-25-35)36-27-29-50-44(30-36)42-18-8-10-21-49(42)55-50/h2-32H,1H3. The minimum Gasteiger partial charge on any atom is -0.228 e. The lowest BCUT2D eigenvalue weighted by molar-refractivity contribution is 0.714. The van der Waals surface area contributed by atoms with Crippen LogP contribution in [-0.2, 0) is 5.41 Å². The smallest absolute Gasteiger partial charge is 0.161 e. The summed E-state index contributed by atoms with van der Waals surface area (Å²) in [5, 5.41) is 4.93. The van der Waals surface area contributed by atoms with Crippen LogP contribution >= 0.6 is 11.3 Å². The molecule has 11 rings (SSSR count). The summed E-state index contributed by atoms with van der Waals surface area (Å²) >= 11 is 1.85. The van der Waals surface area contributed by atoms with E-state index in [0.29, 0.717) is 0 Å². The Morgan fingerprint density at radius 1 is 0.400 bits per heavy atom. The zero-order chi connectivity index (χ0) is 36.5. The van der Waals surface area contributed by atoms with Crippen molar-refractivity contribution in [3.63, 3.8) is 0 Å². The van der Waals surface area contributed by atoms with E-state index >= 15 is 0 Å². The Bertz CT molecular complexity index is 3100. The van der Waals surface area contributed by atoms with Crippen LogP contribution in [0.3, 0.4) is 0 Å². The first-order valence-electron chi connectivity index (χ1n) is 18.8. The van der Waals surface area contributed by atoms with E-state index in [0.717, 1.165) is 39.3 Å². The van der Waals surface area contributed by atoms with Gasteiger partial charge in [0.05, 0.1) is 11.4 Å². The average molecular weight is 719 g/mol. The fourth-order valence-electron chi connectivity index (χ4n) is 8.76. The van der Waals surface area contributed by atoms with Crippen molar-refractivity contribution in [2.24, 2.45) is 0 Å². The molecule has 2 aromatic heterocycles. The van der Waals surface area contributed by atoms with Crippen LogP contribution in [0.5, 0.6) is 0 Å². The molecule has 0 saturated carbocycles. The van der Waals surface area contributed by atoms with E-state index < -0.39 is 0 Å². The van der Waals surface area contributed by atoms with E-state index in [1.165, 1.54) is 64.5 Å². The summed E-state index contributed by atoms with van der Waals surface area (Å²) in [7, 11) is 0. The van der Waals surface area contributed by atoms with Gasteiger partial charge in [-0.25, -0.2) is 9.97 Å². The second-order valence-electron chi connectivity index (χ2n) is 14.7. The van der Waals surface area contributed by atoms with Gasteiger partial charge in [-0.15, -0.1) is 11.3 Å². The first-order valence-corrected chi connectivity index (χ1v) is 19.6. The van der Waals surface area contributed by atoms with Gasteiger partial charge < -0.3 is 0 Å². The largest absolute Gasteiger partial charge is 0.228 e. The topological polar surface area (TPSA) is 25.8 Å². The summed E-state index contributed by atoms with van der Waals surface area (Å²) < 4.78 is 2.64. The summed E-state index contributed by atoms with van der Waals surface area (Å²) in [6, 6.07) is 68.1. The van der Waals surface area contributed by atoms with Crippen molar-refractivity contribution < 1.29 is 0 Å². The molecule has 0 N–H and O–H groups in total. The normalized spacial score (nSPS) is 14.7. The summed E-state index contributed by atoms with van der Waals surface area (Å²) in [5.74, 6) is 0.720. The fraction of sp³-hybridized carbons (Fsp3) is 0.0385. The molecule has 1 atom stereocenters. The highest BCUT2D eigenvalue weighted by Crippen LogP contribution is 2.53. The van der Waals surface area contributed by atoms with E-state index in [1.54, 1.807) is 0 Å². The lowest BCUT2D eigenvalue weighted by atomic mass is 9.74. The molecule has 10 aromatic rings. The van der Waals surface area contributed by atoms with Crippen molar-refractivity contribution in [2.75, 3.05) is 0 Å². The Morgan fingerprint density at radius 3 is 1.89 bits per heavy atom. The lowest BCUT2D eigenvalue weighted by Crippen LogP contribution is -2.22. The van der Waals surface area contributed by atoms with Crippen LogP contribution in [0.25, 0.3) is 87.1 Å². The number of hydrogen-bond donors (Lipinski definition) is 0. The highest BCUT2D eigenvalue weighted by molar-refractivity contribution is 7.25. The molecule has 0 radical (unpaired) electrons. The molecule has 0 spiro atoms. The Kier molecular flexibility index (Phi) is 7.20. The Labute approximate surface area is 324 Å². The predicted octanol–water partition coefficient (Wildman–Crippen LogP) is 14.0. The first kappa shape index (κ1) is 31.8. The SMILES string of the molecule is CC1(c2ccccc2)c2ccccc2-c2ccc(-c3cc(-c4ccc(-c5ccc6sc7ccccc7c6c5)cc4)nc(-c4cccc5ccccc45)n3)cc21. The molecule has 0 saturated heterocycles. The maximum absolute atomic E-state index is 5.35. The van der Waals surface area contributed by atoms with Gasteiger partial charge in [-0.2, -0.15) is 0 Å². The maximum Gasteiger partial charge on any atom is 0.161 e. The molecular weight excluding hydrogens is 685 g/mol. The van der Waals surface area contributed by atoms with Crippen molar-refractivity contribution in [1.82, 2.24) is 9.97 Å². The predicted molar refractivity (Wildman–Crippen MR) is 232 cm³/mol. The fourth-order valence-corrected chi connectivity index (χ4v) is 9.84. The Balaban J connectivity index is 1.06. The molecular formula is C52H34N2S. The average Bonchev–Trinajstić information content (AvgIpc) is 3.76. The van der Waals surface area contributed by atoms with E-state index in [2.05, 4.69) is 195 Å². The van der Waals surface area contributed by atoms with Gasteiger partial charge in [0.1, 0.15) is 0 Å². The molecule has 2 heterocycles. The second kappa shape index (κ2) is 12.4. The molecule has 258 valence electrons. The van der Waals surface area contributed by atoms with Crippen LogP contribution in [0.2, 0.25) is 0 Å². The van der Waals surface area contributed by atoms with Gasteiger partial charge in [0, 0.05) is 42.3 Å². The van der Waals surface area contributed by atoms with Crippen LogP contribution < -0.4 is 0 Å². The molecule has 1 aliphatic carbocycles. The summed E-state index contributed by atoms with van der Waals surface area (Å²) in [6.07, 6.45) is 0. The quantitative estimate of drug-likeness (QED) is 0.177. The molecule has 1 unspecified atom stereocenters. The summed E-state index contributed by atoms with van der Waals surface area (Å²) in [6.45, 7) is 2.36. The highest BCUT2D eigenvalue weighted by Gasteiger charge is 2.40. The van der Waals surface area contributed by atoms with Crippen LogP contribution in [0.1, 0.15) is 23.6 Å². The van der Waals surface area contributed by atoms with Crippen molar-refractivity contribution >= 4 is 42.3 Å². The van der Waals surface area contributed by atoms with Gasteiger partial charge >= 0.3 is 0 Å². The summed E-state index contributed by atoms with van der Waals surface area (Å²) in [4.78, 5) is 10.6. The lowest BCUT2D eigenvalue weighted by Gasteiger charge is -2.28. The van der Waals surface area contributed by atoms with Gasteiger partial charge in [0.2, 0.25) is 0 Å². The van der Waals surface area contributed by atoms with Gasteiger partial charge in [-0.1, -0.05) is 158 Å². The number of hydrogen-bond acceptors (Lipinski definition) is 3. The van der Waals surface area contributed by atoms with Crippen LogP contribution in [0.15, 0.2) is 188 Å². The van der Waals surface area contributed by atoms with Gasteiger partial charge in [0.25, 0.3) is 0 Å². The number of nitrogens with zero attached hydrogens (tertiary/aromatic N) is 2. The van der Waals surface area contributed by atoms with E-state index in [4.69, 9.17) is 9.97 Å². The van der Waals surface area contributed by atoms with Crippen molar-refractivity contribution in [3.05, 3.63) is 205 Å². The first-order chi connectivity index (χ1) is 27.1. The molecule has 0 bridgehead atoms. The maximum atomic E-state index is 5.35. The van der Waals surface area contributed by atoms with E-state index in [-0.39, 0.29) is 5.41 Å². The third-order valence-electron chi connectivity index (χ3n) is 11.6. The van der Waals surface area contributed by atoms with Crippen LogP contribution in [-0.4, -0.2) is 9.97 Å². The second-order valence-corrected chi connectivity index (χ2v) is 15.8. The molecule has 0 fully saturated rings. The molecule has 55 heavy (non-hydrogen) atoms. The van der Waals surface area contributed by atoms with Crippen molar-refractivity contribution in [3.8, 4) is 56.2 Å². The van der Waals surface area contributed by atoms with Crippen molar-refractivity contribution in [1.29, 1.82) is 0 Å². The zero-order valence-electron chi connectivity index (χ0n) is 30.2. The highest BCUT2D eigenvalue weighted by atomic mass is 32.1. The molecule has 2 nitrogen and oxygen atoms in total. The molecule has 1 aliphatic rings. The number of rotatable bonds is 5. The molecule has 0 aliphatic heterocycles. The number of aromatic nitrogens is 2. The minimum absolute atomic E-state index is 0.300.